The fourth-order valence-corrected chi connectivity index (χ4v) is 4.62. The minimum Gasteiger partial charge on any atom is -0.462 e. The van der Waals surface area contributed by atoms with Gasteiger partial charge in [-0.05, 0) is 31.4 Å². The number of unbranched alkanes of at least 4 members (excludes halogenated alkanes) is 15. The Morgan fingerprint density at radius 2 is 1.00 bits per heavy atom. The first-order chi connectivity index (χ1) is 17.7. The van der Waals surface area contributed by atoms with Gasteiger partial charge in [0.15, 0.2) is 0 Å². The van der Waals surface area contributed by atoms with Crippen LogP contribution in [0.3, 0.4) is 0 Å². The number of rotatable bonds is 23. The summed E-state index contributed by atoms with van der Waals surface area (Å²) in [6, 6.07) is 7.20. The molecular weight excluding hydrogens is 446 g/mol. The number of carbonyl (C=O) groups is 2. The number of hydrogen-bond acceptors (Lipinski definition) is 3. The molecule has 1 rings (SSSR count). The second-order valence-corrected chi connectivity index (χ2v) is 10.3. The van der Waals surface area contributed by atoms with E-state index in [0.717, 1.165) is 64.5 Å². The van der Waals surface area contributed by atoms with Crippen LogP contribution in [0.4, 0.5) is 0 Å². The third-order valence-corrected chi connectivity index (χ3v) is 6.96. The van der Waals surface area contributed by atoms with Crippen LogP contribution in [0, 0.1) is 0 Å². The summed E-state index contributed by atoms with van der Waals surface area (Å²) < 4.78 is 5.53. The molecule has 0 saturated carbocycles. The molecule has 0 spiro atoms. The van der Waals surface area contributed by atoms with E-state index in [1.54, 1.807) is 12.1 Å². The SMILES string of the molecule is CCCCCCCCCN(CCCCCCCCC)C(=O)c1ccccc1C(=O)OCCCCCC. The number of benzene rings is 1. The van der Waals surface area contributed by atoms with E-state index in [0.29, 0.717) is 17.7 Å². The average molecular weight is 502 g/mol. The summed E-state index contributed by atoms with van der Waals surface area (Å²) in [5, 5.41) is 0. The van der Waals surface area contributed by atoms with Gasteiger partial charge in [0.1, 0.15) is 0 Å². The highest BCUT2D eigenvalue weighted by Gasteiger charge is 2.22. The molecule has 0 unspecified atom stereocenters. The van der Waals surface area contributed by atoms with E-state index in [1.807, 2.05) is 17.0 Å². The van der Waals surface area contributed by atoms with Crippen molar-refractivity contribution in [3.8, 4) is 0 Å². The van der Waals surface area contributed by atoms with Crippen LogP contribution in [-0.4, -0.2) is 36.5 Å². The zero-order valence-electron chi connectivity index (χ0n) is 23.8. The van der Waals surface area contributed by atoms with Gasteiger partial charge in [0.05, 0.1) is 17.7 Å². The van der Waals surface area contributed by atoms with E-state index in [1.165, 1.54) is 64.2 Å². The van der Waals surface area contributed by atoms with Crippen molar-refractivity contribution in [1.29, 1.82) is 0 Å². The van der Waals surface area contributed by atoms with E-state index in [-0.39, 0.29) is 11.9 Å². The van der Waals surface area contributed by atoms with Crippen LogP contribution in [0.5, 0.6) is 0 Å². The molecule has 0 atom stereocenters. The molecule has 0 heterocycles. The van der Waals surface area contributed by atoms with E-state index >= 15 is 0 Å². The number of amides is 1. The fraction of sp³-hybridized carbons (Fsp3) is 0.750. The van der Waals surface area contributed by atoms with Crippen LogP contribution in [0.15, 0.2) is 24.3 Å². The smallest absolute Gasteiger partial charge is 0.338 e. The summed E-state index contributed by atoms with van der Waals surface area (Å²) in [5.41, 5.74) is 0.893. The molecule has 0 N–H and O–H groups in total. The zero-order valence-corrected chi connectivity index (χ0v) is 23.8. The largest absolute Gasteiger partial charge is 0.462 e. The minimum atomic E-state index is -0.373. The quantitative estimate of drug-likeness (QED) is 0.111. The van der Waals surface area contributed by atoms with Gasteiger partial charge in [-0.15, -0.1) is 0 Å². The van der Waals surface area contributed by atoms with Crippen molar-refractivity contribution in [3.05, 3.63) is 35.4 Å². The van der Waals surface area contributed by atoms with Crippen LogP contribution >= 0.6 is 0 Å². The summed E-state index contributed by atoms with van der Waals surface area (Å²) >= 11 is 0. The molecule has 0 saturated heterocycles. The van der Waals surface area contributed by atoms with Gasteiger partial charge in [0, 0.05) is 13.1 Å². The van der Waals surface area contributed by atoms with Gasteiger partial charge in [0.2, 0.25) is 0 Å². The number of esters is 1. The molecule has 0 aliphatic carbocycles. The summed E-state index contributed by atoms with van der Waals surface area (Å²) in [5.74, 6) is -0.396. The van der Waals surface area contributed by atoms with Gasteiger partial charge in [0.25, 0.3) is 5.91 Å². The summed E-state index contributed by atoms with van der Waals surface area (Å²) in [6.07, 6.45) is 21.4. The van der Waals surface area contributed by atoms with Crippen molar-refractivity contribution in [2.45, 2.75) is 136 Å². The third kappa shape index (κ3) is 14.7. The predicted molar refractivity (Wildman–Crippen MR) is 153 cm³/mol. The number of nitrogens with zero attached hydrogens (tertiary/aromatic N) is 1. The van der Waals surface area contributed by atoms with Gasteiger partial charge in [-0.25, -0.2) is 4.79 Å². The van der Waals surface area contributed by atoms with Crippen molar-refractivity contribution >= 4 is 11.9 Å². The summed E-state index contributed by atoms with van der Waals surface area (Å²) in [6.45, 7) is 8.60. The Balaban J connectivity index is 2.71. The second-order valence-electron chi connectivity index (χ2n) is 10.3. The van der Waals surface area contributed by atoms with Crippen LogP contribution in [-0.2, 0) is 4.74 Å². The van der Waals surface area contributed by atoms with E-state index in [2.05, 4.69) is 20.8 Å². The molecular formula is C32H55NO3. The van der Waals surface area contributed by atoms with E-state index < -0.39 is 0 Å². The van der Waals surface area contributed by atoms with Crippen molar-refractivity contribution in [3.63, 3.8) is 0 Å². The lowest BCUT2D eigenvalue weighted by molar-refractivity contribution is 0.0490. The molecule has 1 aromatic carbocycles. The Morgan fingerprint density at radius 3 is 1.50 bits per heavy atom. The van der Waals surface area contributed by atoms with Gasteiger partial charge in [-0.2, -0.15) is 0 Å². The Labute approximate surface area is 222 Å². The average Bonchev–Trinajstić information content (AvgIpc) is 2.90. The Morgan fingerprint density at radius 1 is 0.583 bits per heavy atom. The molecule has 0 aromatic heterocycles. The lowest BCUT2D eigenvalue weighted by atomic mass is 10.0. The maximum atomic E-state index is 13.6. The van der Waals surface area contributed by atoms with E-state index in [9.17, 15) is 9.59 Å². The first kappa shape index (κ1) is 32.2. The summed E-state index contributed by atoms with van der Waals surface area (Å²) in [4.78, 5) is 28.4. The topological polar surface area (TPSA) is 46.6 Å². The molecule has 4 nitrogen and oxygen atoms in total. The molecule has 1 amide bonds. The molecule has 1 aromatic rings. The number of hydrogen-bond donors (Lipinski definition) is 0. The second kappa shape index (κ2) is 22.4. The molecule has 36 heavy (non-hydrogen) atoms. The monoisotopic (exact) mass is 501 g/mol. The van der Waals surface area contributed by atoms with Crippen LogP contribution in [0.25, 0.3) is 0 Å². The highest BCUT2D eigenvalue weighted by molar-refractivity contribution is 6.05. The van der Waals surface area contributed by atoms with Gasteiger partial charge in [-0.3, -0.25) is 4.79 Å². The Kier molecular flexibility index (Phi) is 20.0. The molecule has 0 radical (unpaired) electrons. The minimum absolute atomic E-state index is 0.0227. The van der Waals surface area contributed by atoms with Crippen molar-refractivity contribution in [2.75, 3.05) is 19.7 Å². The predicted octanol–water partition coefficient (Wildman–Crippen LogP) is 9.37. The molecule has 4 heteroatoms. The molecule has 0 fully saturated rings. The molecule has 206 valence electrons. The third-order valence-electron chi connectivity index (χ3n) is 6.96. The lowest BCUT2D eigenvalue weighted by Crippen LogP contribution is -2.34. The zero-order chi connectivity index (χ0) is 26.3. The van der Waals surface area contributed by atoms with Crippen LogP contribution in [0.1, 0.15) is 157 Å². The van der Waals surface area contributed by atoms with Gasteiger partial charge < -0.3 is 9.64 Å². The van der Waals surface area contributed by atoms with Gasteiger partial charge >= 0.3 is 5.97 Å². The first-order valence-corrected chi connectivity index (χ1v) is 15.2. The Hall–Kier alpha value is -1.84. The number of ether oxygens (including phenoxy) is 1. The lowest BCUT2D eigenvalue weighted by Gasteiger charge is -2.24. The van der Waals surface area contributed by atoms with Crippen molar-refractivity contribution in [1.82, 2.24) is 4.90 Å². The van der Waals surface area contributed by atoms with E-state index in [4.69, 9.17) is 4.74 Å². The highest BCUT2D eigenvalue weighted by Crippen LogP contribution is 2.17. The molecule has 0 aliphatic heterocycles. The van der Waals surface area contributed by atoms with Crippen LogP contribution < -0.4 is 0 Å². The first-order valence-electron chi connectivity index (χ1n) is 15.2. The summed E-state index contributed by atoms with van der Waals surface area (Å²) in [7, 11) is 0. The highest BCUT2D eigenvalue weighted by atomic mass is 16.5. The molecule has 0 bridgehead atoms. The van der Waals surface area contributed by atoms with Crippen molar-refractivity contribution < 1.29 is 14.3 Å². The Bertz CT molecular complexity index is 670. The maximum Gasteiger partial charge on any atom is 0.338 e. The number of carbonyl (C=O) groups excluding carboxylic acids is 2. The van der Waals surface area contributed by atoms with Crippen molar-refractivity contribution in [2.24, 2.45) is 0 Å². The maximum absolute atomic E-state index is 13.6. The standard InChI is InChI=1S/C32H55NO3/c1-4-7-10-13-15-17-21-26-33(27-22-18-16-14-11-8-5-2)31(34)29-24-19-20-25-30(29)32(35)36-28-23-12-9-6-3/h19-20,24-25H,4-18,21-23,26-28H2,1-3H3. The normalized spacial score (nSPS) is 11.0. The van der Waals surface area contributed by atoms with Crippen LogP contribution in [0.2, 0.25) is 0 Å². The molecule has 0 aliphatic rings. The fourth-order valence-electron chi connectivity index (χ4n) is 4.62. The van der Waals surface area contributed by atoms with Gasteiger partial charge in [-0.1, -0.05) is 129 Å².